The van der Waals surface area contributed by atoms with Crippen LogP contribution in [0, 0.1) is 5.41 Å². The fraction of sp³-hybridized carbons (Fsp3) is 0.500. The minimum Gasteiger partial charge on any atom is -0.411 e. The van der Waals surface area contributed by atoms with E-state index in [0.717, 1.165) is 11.1 Å². The van der Waals surface area contributed by atoms with E-state index in [0.29, 0.717) is 5.02 Å². The van der Waals surface area contributed by atoms with Crippen molar-refractivity contribution in [3.63, 3.8) is 0 Å². The van der Waals surface area contributed by atoms with E-state index >= 15 is 0 Å². The molecule has 0 bridgehead atoms. The van der Waals surface area contributed by atoms with E-state index in [9.17, 15) is 0 Å². The molecule has 19 heavy (non-hydrogen) atoms. The van der Waals surface area contributed by atoms with Gasteiger partial charge in [-0.3, -0.25) is 0 Å². The molecule has 0 aromatic heterocycles. The van der Waals surface area contributed by atoms with E-state index in [1.807, 2.05) is 18.2 Å². The van der Waals surface area contributed by atoms with Crippen molar-refractivity contribution in [1.29, 1.82) is 0 Å². The van der Waals surface area contributed by atoms with Gasteiger partial charge in [-0.1, -0.05) is 43.6 Å². The maximum absolute atomic E-state index is 8.63. The summed E-state index contributed by atoms with van der Waals surface area (Å²) in [5, 5.41) is 12.4. The lowest BCUT2D eigenvalue weighted by atomic mass is 9.84. The Bertz CT molecular complexity index is 455. The first-order valence-corrected chi connectivity index (χ1v) is 8.98. The Hall–Kier alpha value is -0.843. The standard InChI is InChI=1S/C14H21ClNO2Si/c1-14(2,3)13(18-19(4)5)11-8-10(9-16-17)6-7-12(11)15/h6-9,13,17H,1-5H3/b16-9+. The summed E-state index contributed by atoms with van der Waals surface area (Å²) < 4.78 is 6.13. The van der Waals surface area contributed by atoms with Gasteiger partial charge in [-0.2, -0.15) is 0 Å². The van der Waals surface area contributed by atoms with Gasteiger partial charge < -0.3 is 9.63 Å². The van der Waals surface area contributed by atoms with Crippen molar-refractivity contribution in [3.05, 3.63) is 34.3 Å². The van der Waals surface area contributed by atoms with E-state index in [2.05, 4.69) is 39.0 Å². The molecule has 1 atom stereocenters. The average Bonchev–Trinajstić information content (AvgIpc) is 2.27. The van der Waals surface area contributed by atoms with E-state index in [1.54, 1.807) is 0 Å². The van der Waals surface area contributed by atoms with Gasteiger partial charge in [-0.05, 0) is 41.8 Å². The van der Waals surface area contributed by atoms with Crippen LogP contribution in [0.2, 0.25) is 18.1 Å². The van der Waals surface area contributed by atoms with Crippen molar-refractivity contribution in [2.24, 2.45) is 10.6 Å². The van der Waals surface area contributed by atoms with Crippen molar-refractivity contribution < 1.29 is 9.63 Å². The Labute approximate surface area is 122 Å². The average molecular weight is 299 g/mol. The summed E-state index contributed by atoms with van der Waals surface area (Å²) in [6.07, 6.45) is 1.32. The highest BCUT2D eigenvalue weighted by Crippen LogP contribution is 2.39. The van der Waals surface area contributed by atoms with E-state index in [1.165, 1.54) is 6.21 Å². The van der Waals surface area contributed by atoms with Crippen LogP contribution >= 0.6 is 11.6 Å². The Kier molecular flexibility index (Phi) is 5.59. The van der Waals surface area contributed by atoms with Crippen LogP contribution in [0.15, 0.2) is 23.4 Å². The van der Waals surface area contributed by atoms with Gasteiger partial charge in [0.2, 0.25) is 9.04 Å². The van der Waals surface area contributed by atoms with Gasteiger partial charge in [0, 0.05) is 5.02 Å². The first-order chi connectivity index (χ1) is 8.75. The van der Waals surface area contributed by atoms with Gasteiger partial charge in [0.15, 0.2) is 0 Å². The number of benzene rings is 1. The molecule has 1 unspecified atom stereocenters. The molecule has 3 nitrogen and oxygen atoms in total. The van der Waals surface area contributed by atoms with Crippen molar-refractivity contribution in [3.8, 4) is 0 Å². The summed E-state index contributed by atoms with van der Waals surface area (Å²) in [5.74, 6) is 0. The molecule has 1 aromatic rings. The summed E-state index contributed by atoms with van der Waals surface area (Å²) in [4.78, 5) is 0. The fourth-order valence-electron chi connectivity index (χ4n) is 1.85. The van der Waals surface area contributed by atoms with Crippen LogP contribution in [-0.4, -0.2) is 20.5 Å². The summed E-state index contributed by atoms with van der Waals surface area (Å²) in [5.41, 5.74) is 1.69. The smallest absolute Gasteiger partial charge is 0.205 e. The molecule has 105 valence electrons. The van der Waals surface area contributed by atoms with Crippen LogP contribution in [0.1, 0.15) is 38.0 Å². The Balaban J connectivity index is 3.24. The Morgan fingerprint density at radius 1 is 1.37 bits per heavy atom. The Morgan fingerprint density at radius 2 is 2.00 bits per heavy atom. The van der Waals surface area contributed by atoms with E-state index < -0.39 is 9.04 Å². The van der Waals surface area contributed by atoms with E-state index in [4.69, 9.17) is 21.2 Å². The molecule has 0 saturated heterocycles. The second kappa shape index (κ2) is 6.55. The molecular weight excluding hydrogens is 278 g/mol. The normalized spacial score (nSPS) is 14.3. The van der Waals surface area contributed by atoms with Gasteiger partial charge in [-0.25, -0.2) is 0 Å². The highest BCUT2D eigenvalue weighted by molar-refractivity contribution is 6.48. The molecule has 0 aliphatic rings. The molecule has 0 heterocycles. The van der Waals surface area contributed by atoms with Gasteiger partial charge in [0.1, 0.15) is 0 Å². The molecular formula is C14H21ClNO2Si. The fourth-order valence-corrected chi connectivity index (χ4v) is 3.02. The number of hydrogen-bond donors (Lipinski definition) is 1. The van der Waals surface area contributed by atoms with Crippen LogP contribution in [0.25, 0.3) is 0 Å². The van der Waals surface area contributed by atoms with Crippen molar-refractivity contribution in [1.82, 2.24) is 0 Å². The van der Waals surface area contributed by atoms with Crippen LogP contribution in [0.4, 0.5) is 0 Å². The van der Waals surface area contributed by atoms with Gasteiger partial charge in [-0.15, -0.1) is 0 Å². The van der Waals surface area contributed by atoms with E-state index in [-0.39, 0.29) is 11.5 Å². The molecule has 0 aliphatic carbocycles. The quantitative estimate of drug-likeness (QED) is 0.385. The second-order valence-electron chi connectivity index (χ2n) is 5.80. The predicted octanol–water partition coefficient (Wildman–Crippen LogP) is 4.50. The summed E-state index contributed by atoms with van der Waals surface area (Å²) in [6.45, 7) is 10.6. The lowest BCUT2D eigenvalue weighted by molar-refractivity contribution is 0.0867. The summed E-state index contributed by atoms with van der Waals surface area (Å²) in [6, 6.07) is 5.55. The molecule has 0 fully saturated rings. The number of oxime groups is 1. The zero-order valence-electron chi connectivity index (χ0n) is 12.1. The lowest BCUT2D eigenvalue weighted by Gasteiger charge is -2.33. The SMILES string of the molecule is C[Si](C)OC(c1cc(/C=N/O)ccc1Cl)C(C)(C)C. The van der Waals surface area contributed by atoms with Crippen molar-refractivity contribution in [2.75, 3.05) is 0 Å². The number of halogens is 1. The minimum atomic E-state index is -0.846. The van der Waals surface area contributed by atoms with Crippen LogP contribution in [0.3, 0.4) is 0 Å². The molecule has 0 spiro atoms. The molecule has 1 rings (SSSR count). The van der Waals surface area contributed by atoms with Gasteiger partial charge in [0.05, 0.1) is 12.3 Å². The maximum Gasteiger partial charge on any atom is 0.205 e. The first kappa shape index (κ1) is 16.2. The second-order valence-corrected chi connectivity index (χ2v) is 8.26. The maximum atomic E-state index is 8.63. The minimum absolute atomic E-state index is 0.0550. The molecule has 5 heteroatoms. The van der Waals surface area contributed by atoms with Crippen LogP contribution in [-0.2, 0) is 4.43 Å². The van der Waals surface area contributed by atoms with Crippen LogP contribution in [0.5, 0.6) is 0 Å². The van der Waals surface area contributed by atoms with Gasteiger partial charge in [0.25, 0.3) is 0 Å². The summed E-state index contributed by atoms with van der Waals surface area (Å²) >= 11 is 6.30. The zero-order chi connectivity index (χ0) is 14.6. The topological polar surface area (TPSA) is 41.8 Å². The van der Waals surface area contributed by atoms with Crippen molar-refractivity contribution >= 4 is 26.9 Å². The first-order valence-electron chi connectivity index (χ1n) is 6.19. The monoisotopic (exact) mass is 298 g/mol. The zero-order valence-corrected chi connectivity index (χ0v) is 13.8. The molecule has 1 radical (unpaired) electrons. The third-order valence-corrected chi connectivity index (χ3v) is 3.70. The van der Waals surface area contributed by atoms with Crippen molar-refractivity contribution in [2.45, 2.75) is 40.0 Å². The molecule has 1 N–H and O–H groups in total. The number of rotatable bonds is 4. The molecule has 0 amide bonds. The highest BCUT2D eigenvalue weighted by Gasteiger charge is 2.29. The van der Waals surface area contributed by atoms with Crippen LogP contribution < -0.4 is 0 Å². The summed E-state index contributed by atoms with van der Waals surface area (Å²) in [7, 11) is -0.846. The lowest BCUT2D eigenvalue weighted by Crippen LogP contribution is -2.26. The number of hydrogen-bond acceptors (Lipinski definition) is 3. The number of nitrogens with zero attached hydrogens (tertiary/aromatic N) is 1. The molecule has 0 saturated carbocycles. The molecule has 1 aromatic carbocycles. The predicted molar refractivity (Wildman–Crippen MR) is 81.6 cm³/mol. The van der Waals surface area contributed by atoms with Gasteiger partial charge >= 0.3 is 0 Å². The third kappa shape index (κ3) is 4.64. The highest BCUT2D eigenvalue weighted by atomic mass is 35.5. The molecule has 0 aliphatic heterocycles. The third-order valence-electron chi connectivity index (χ3n) is 2.65. The largest absolute Gasteiger partial charge is 0.411 e. The Morgan fingerprint density at radius 3 is 2.47 bits per heavy atom.